The summed E-state index contributed by atoms with van der Waals surface area (Å²) >= 11 is 0. The SMILES string of the molecule is CCCCCCCCCCCCCCCCCC(=O)NCc1ccc(CON)cc1. The Morgan fingerprint density at radius 2 is 1.17 bits per heavy atom. The Labute approximate surface area is 185 Å². The summed E-state index contributed by atoms with van der Waals surface area (Å²) in [6.45, 7) is 3.27. The van der Waals surface area contributed by atoms with Gasteiger partial charge in [0, 0.05) is 13.0 Å². The van der Waals surface area contributed by atoms with Crippen LogP contribution in [0.4, 0.5) is 0 Å². The number of rotatable bonds is 20. The van der Waals surface area contributed by atoms with Crippen molar-refractivity contribution in [3.63, 3.8) is 0 Å². The van der Waals surface area contributed by atoms with E-state index in [4.69, 9.17) is 5.90 Å². The third-order valence-electron chi connectivity index (χ3n) is 5.77. The minimum absolute atomic E-state index is 0.152. The van der Waals surface area contributed by atoms with Gasteiger partial charge < -0.3 is 5.32 Å². The third-order valence-corrected chi connectivity index (χ3v) is 5.77. The van der Waals surface area contributed by atoms with Gasteiger partial charge in [-0.05, 0) is 17.5 Å². The average molecular weight is 419 g/mol. The molecule has 4 heteroatoms. The molecule has 0 unspecified atom stereocenters. The monoisotopic (exact) mass is 418 g/mol. The number of nitrogens with two attached hydrogens (primary N) is 1. The largest absolute Gasteiger partial charge is 0.352 e. The Hall–Kier alpha value is -1.39. The first-order chi connectivity index (χ1) is 14.8. The maximum Gasteiger partial charge on any atom is 0.220 e. The van der Waals surface area contributed by atoms with Crippen LogP contribution in [0.2, 0.25) is 0 Å². The number of benzene rings is 1. The van der Waals surface area contributed by atoms with Gasteiger partial charge in [-0.1, -0.05) is 121 Å². The fourth-order valence-corrected chi connectivity index (χ4v) is 3.80. The number of unbranched alkanes of at least 4 members (excludes halogenated alkanes) is 14. The van der Waals surface area contributed by atoms with Crippen LogP contribution in [0.25, 0.3) is 0 Å². The van der Waals surface area contributed by atoms with Gasteiger partial charge in [-0.15, -0.1) is 0 Å². The van der Waals surface area contributed by atoms with Crippen molar-refractivity contribution in [3.05, 3.63) is 35.4 Å². The lowest BCUT2D eigenvalue weighted by Crippen LogP contribution is -2.22. The van der Waals surface area contributed by atoms with Gasteiger partial charge in [0.1, 0.15) is 0 Å². The van der Waals surface area contributed by atoms with Crippen LogP contribution in [0.5, 0.6) is 0 Å². The fourth-order valence-electron chi connectivity index (χ4n) is 3.80. The summed E-state index contributed by atoms with van der Waals surface area (Å²) in [4.78, 5) is 16.6. The predicted molar refractivity (Wildman–Crippen MR) is 127 cm³/mol. The molecule has 0 heterocycles. The van der Waals surface area contributed by atoms with Crippen molar-refractivity contribution in [2.75, 3.05) is 0 Å². The highest BCUT2D eigenvalue weighted by Gasteiger charge is 2.02. The smallest absolute Gasteiger partial charge is 0.220 e. The molecule has 3 N–H and O–H groups in total. The van der Waals surface area contributed by atoms with Gasteiger partial charge >= 0.3 is 0 Å². The molecule has 1 aromatic rings. The molecular weight excluding hydrogens is 372 g/mol. The summed E-state index contributed by atoms with van der Waals surface area (Å²) in [6, 6.07) is 7.95. The van der Waals surface area contributed by atoms with E-state index >= 15 is 0 Å². The molecule has 0 spiro atoms. The van der Waals surface area contributed by atoms with E-state index in [2.05, 4.69) is 17.1 Å². The minimum Gasteiger partial charge on any atom is -0.352 e. The third kappa shape index (κ3) is 15.4. The lowest BCUT2D eigenvalue weighted by Gasteiger charge is -2.07. The molecule has 0 aliphatic rings. The normalized spacial score (nSPS) is 11.0. The summed E-state index contributed by atoms with van der Waals surface area (Å²) in [5, 5.41) is 3.01. The zero-order valence-electron chi connectivity index (χ0n) is 19.4. The maximum atomic E-state index is 12.0. The van der Waals surface area contributed by atoms with E-state index in [9.17, 15) is 4.79 Å². The second-order valence-electron chi connectivity index (χ2n) is 8.60. The molecule has 1 aromatic carbocycles. The van der Waals surface area contributed by atoms with Gasteiger partial charge in [0.2, 0.25) is 5.91 Å². The van der Waals surface area contributed by atoms with Crippen molar-refractivity contribution in [3.8, 4) is 0 Å². The standard InChI is InChI=1S/C26H46N2O2/c1-2-3-4-5-6-7-8-9-10-11-12-13-14-15-16-17-26(29)28-22-24-18-20-25(21-19-24)23-30-27/h18-21H,2-17,22-23,27H2,1H3,(H,28,29). The average Bonchev–Trinajstić information content (AvgIpc) is 2.76. The van der Waals surface area contributed by atoms with Gasteiger partial charge in [-0.25, -0.2) is 5.90 Å². The highest BCUT2D eigenvalue weighted by Crippen LogP contribution is 2.13. The maximum absolute atomic E-state index is 12.0. The van der Waals surface area contributed by atoms with E-state index in [-0.39, 0.29) is 5.91 Å². The molecule has 4 nitrogen and oxygen atoms in total. The van der Waals surface area contributed by atoms with Gasteiger partial charge in [0.15, 0.2) is 0 Å². The van der Waals surface area contributed by atoms with Gasteiger partial charge in [-0.3, -0.25) is 9.63 Å². The zero-order chi connectivity index (χ0) is 21.7. The summed E-state index contributed by atoms with van der Waals surface area (Å²) in [7, 11) is 0. The molecule has 0 aliphatic heterocycles. The number of hydrogen-bond donors (Lipinski definition) is 2. The van der Waals surface area contributed by atoms with Gasteiger partial charge in [-0.2, -0.15) is 0 Å². The first kappa shape index (κ1) is 26.6. The Balaban J connectivity index is 1.84. The molecule has 172 valence electrons. The van der Waals surface area contributed by atoms with Crippen LogP contribution in [0.1, 0.15) is 121 Å². The highest BCUT2D eigenvalue weighted by atomic mass is 16.6. The molecule has 1 amide bonds. The number of carbonyl (C=O) groups is 1. The van der Waals surface area contributed by atoms with E-state index < -0.39 is 0 Å². The van der Waals surface area contributed by atoms with Crippen molar-refractivity contribution in [1.82, 2.24) is 5.32 Å². The van der Waals surface area contributed by atoms with E-state index in [1.807, 2.05) is 24.3 Å². The molecule has 0 radical (unpaired) electrons. The van der Waals surface area contributed by atoms with Gasteiger partial charge in [0.25, 0.3) is 0 Å². The number of amides is 1. The van der Waals surface area contributed by atoms with Crippen LogP contribution in [-0.4, -0.2) is 5.91 Å². The molecule has 0 aliphatic carbocycles. The van der Waals surface area contributed by atoms with Crippen LogP contribution in [0.15, 0.2) is 24.3 Å². The molecular formula is C26H46N2O2. The highest BCUT2D eigenvalue weighted by molar-refractivity contribution is 5.75. The second-order valence-corrected chi connectivity index (χ2v) is 8.60. The number of nitrogens with one attached hydrogen (secondary N) is 1. The fraction of sp³-hybridized carbons (Fsp3) is 0.731. The van der Waals surface area contributed by atoms with Crippen LogP contribution < -0.4 is 11.2 Å². The van der Waals surface area contributed by atoms with Crippen molar-refractivity contribution in [1.29, 1.82) is 0 Å². The van der Waals surface area contributed by atoms with Gasteiger partial charge in [0.05, 0.1) is 6.61 Å². The van der Waals surface area contributed by atoms with Crippen LogP contribution in [-0.2, 0) is 22.8 Å². The summed E-state index contributed by atoms with van der Waals surface area (Å²) in [5.74, 6) is 5.22. The summed E-state index contributed by atoms with van der Waals surface area (Å²) < 4.78 is 0. The lowest BCUT2D eigenvalue weighted by atomic mass is 10.0. The van der Waals surface area contributed by atoms with E-state index in [0.29, 0.717) is 19.6 Å². The quantitative estimate of drug-likeness (QED) is 0.178. The Morgan fingerprint density at radius 1 is 0.733 bits per heavy atom. The second kappa shape index (κ2) is 19.6. The van der Waals surface area contributed by atoms with Crippen LogP contribution >= 0.6 is 0 Å². The van der Waals surface area contributed by atoms with Crippen molar-refractivity contribution in [2.45, 2.75) is 123 Å². The van der Waals surface area contributed by atoms with Crippen molar-refractivity contribution < 1.29 is 9.63 Å². The molecule has 0 atom stereocenters. The number of carbonyl (C=O) groups excluding carboxylic acids is 1. The van der Waals surface area contributed by atoms with Crippen molar-refractivity contribution >= 4 is 5.91 Å². The molecule has 1 rings (SSSR count). The Bertz CT molecular complexity index is 516. The minimum atomic E-state index is 0.152. The van der Waals surface area contributed by atoms with Crippen LogP contribution in [0.3, 0.4) is 0 Å². The number of hydrogen-bond acceptors (Lipinski definition) is 3. The Kier molecular flexibility index (Phi) is 17.4. The molecule has 0 fully saturated rings. The molecule has 0 aromatic heterocycles. The van der Waals surface area contributed by atoms with Crippen molar-refractivity contribution in [2.24, 2.45) is 5.90 Å². The van der Waals surface area contributed by atoms with Crippen LogP contribution in [0, 0.1) is 0 Å². The zero-order valence-corrected chi connectivity index (χ0v) is 19.4. The van der Waals surface area contributed by atoms with E-state index in [1.54, 1.807) is 0 Å². The summed E-state index contributed by atoms with van der Waals surface area (Å²) in [6.07, 6.45) is 20.8. The summed E-state index contributed by atoms with van der Waals surface area (Å²) in [5.41, 5.74) is 2.13. The molecule has 0 saturated carbocycles. The van der Waals surface area contributed by atoms with E-state index in [0.717, 1.165) is 17.5 Å². The molecule has 0 saturated heterocycles. The Morgan fingerprint density at radius 3 is 1.63 bits per heavy atom. The van der Waals surface area contributed by atoms with E-state index in [1.165, 1.54) is 89.9 Å². The lowest BCUT2D eigenvalue weighted by molar-refractivity contribution is -0.121. The first-order valence-corrected chi connectivity index (χ1v) is 12.4. The topological polar surface area (TPSA) is 64.3 Å². The predicted octanol–water partition coefficient (Wildman–Crippen LogP) is 6.95. The molecule has 0 bridgehead atoms. The molecule has 30 heavy (non-hydrogen) atoms. The first-order valence-electron chi connectivity index (χ1n) is 12.4.